The maximum absolute atomic E-state index is 12.8. The lowest BCUT2D eigenvalue weighted by Gasteiger charge is -2.38. The average Bonchev–Trinajstić information content (AvgIpc) is 2.67. The second kappa shape index (κ2) is 7.70. The number of likely N-dealkylation sites (tertiary alicyclic amines) is 2. The zero-order valence-corrected chi connectivity index (χ0v) is 14.6. The molecule has 2 aliphatic rings. The lowest BCUT2D eigenvalue weighted by Crippen LogP contribution is -2.49. The van der Waals surface area contributed by atoms with Crippen LogP contribution in [0, 0.1) is 17.2 Å². The lowest BCUT2D eigenvalue weighted by atomic mass is 9.90. The quantitative estimate of drug-likeness (QED) is 0.830. The highest BCUT2D eigenvalue weighted by atomic mass is 16.2. The second-order valence-corrected chi connectivity index (χ2v) is 7.05. The van der Waals surface area contributed by atoms with Gasteiger partial charge in [-0.2, -0.15) is 5.26 Å². The topological polar surface area (TPSA) is 47.3 Å². The van der Waals surface area contributed by atoms with Crippen LogP contribution in [0.2, 0.25) is 0 Å². The van der Waals surface area contributed by atoms with Crippen molar-refractivity contribution in [2.45, 2.75) is 44.9 Å². The van der Waals surface area contributed by atoms with Crippen molar-refractivity contribution in [2.24, 2.45) is 5.92 Å². The van der Waals surface area contributed by atoms with Crippen LogP contribution in [0.5, 0.6) is 0 Å². The van der Waals surface area contributed by atoms with Gasteiger partial charge in [-0.25, -0.2) is 4.79 Å². The number of amides is 2. The van der Waals surface area contributed by atoms with E-state index in [9.17, 15) is 4.79 Å². The largest absolute Gasteiger partial charge is 0.325 e. The summed E-state index contributed by atoms with van der Waals surface area (Å²) in [6, 6.07) is 11.4. The summed E-state index contributed by atoms with van der Waals surface area (Å²) >= 11 is 0. The van der Waals surface area contributed by atoms with Crippen LogP contribution in [0.3, 0.4) is 0 Å². The molecule has 0 aliphatic carbocycles. The van der Waals surface area contributed by atoms with Gasteiger partial charge in [-0.3, -0.25) is 0 Å². The van der Waals surface area contributed by atoms with Gasteiger partial charge in [0.15, 0.2) is 0 Å². The molecule has 2 fully saturated rings. The molecule has 1 aromatic rings. The van der Waals surface area contributed by atoms with Crippen LogP contribution in [0.25, 0.3) is 0 Å². The van der Waals surface area contributed by atoms with Crippen molar-refractivity contribution in [1.29, 1.82) is 5.26 Å². The molecule has 2 aliphatic heterocycles. The van der Waals surface area contributed by atoms with E-state index in [4.69, 9.17) is 5.26 Å². The Hall–Kier alpha value is -2.02. The van der Waals surface area contributed by atoms with Crippen LogP contribution < -0.4 is 0 Å². The summed E-state index contributed by atoms with van der Waals surface area (Å²) < 4.78 is 0. The number of urea groups is 1. The molecule has 2 saturated heterocycles. The van der Waals surface area contributed by atoms with Crippen molar-refractivity contribution in [3.63, 3.8) is 0 Å². The molecule has 2 amide bonds. The summed E-state index contributed by atoms with van der Waals surface area (Å²) in [6.07, 6.45) is 4.93. The number of hydrogen-bond acceptors (Lipinski definition) is 2. The minimum atomic E-state index is 0.125. The first-order chi connectivity index (χ1) is 11.7. The number of nitrogens with zero attached hydrogens (tertiary/aromatic N) is 3. The monoisotopic (exact) mass is 325 g/mol. The fraction of sp³-hybridized carbons (Fsp3) is 0.600. The van der Waals surface area contributed by atoms with Gasteiger partial charge in [0, 0.05) is 38.0 Å². The van der Waals surface area contributed by atoms with E-state index in [1.165, 1.54) is 11.1 Å². The molecular weight excluding hydrogens is 298 g/mol. The third-order valence-electron chi connectivity index (χ3n) is 5.50. The summed E-state index contributed by atoms with van der Waals surface area (Å²) in [5, 5.41) is 9.00. The van der Waals surface area contributed by atoms with Gasteiger partial charge in [0.2, 0.25) is 0 Å². The highest BCUT2D eigenvalue weighted by molar-refractivity contribution is 5.74. The summed E-state index contributed by atoms with van der Waals surface area (Å²) in [4.78, 5) is 16.8. The standard InChI is InChI=1S/C20H27N3O/c1-2-16-5-7-18(8-6-16)19-4-3-11-23(15-19)20(24)22-12-9-17(14-21)10-13-22/h5-8,17,19H,2-4,9-13,15H2,1H3. The van der Waals surface area contributed by atoms with E-state index in [0.717, 1.165) is 58.3 Å². The number of nitriles is 1. The van der Waals surface area contributed by atoms with Crippen LogP contribution in [0.4, 0.5) is 4.79 Å². The molecule has 128 valence electrons. The minimum Gasteiger partial charge on any atom is -0.325 e. The fourth-order valence-corrected chi connectivity index (χ4v) is 3.85. The van der Waals surface area contributed by atoms with Crippen LogP contribution >= 0.6 is 0 Å². The number of carbonyl (C=O) groups excluding carboxylic acids is 1. The highest BCUT2D eigenvalue weighted by Crippen LogP contribution is 2.28. The van der Waals surface area contributed by atoms with Gasteiger partial charge in [0.05, 0.1) is 6.07 Å². The van der Waals surface area contributed by atoms with Crippen molar-refractivity contribution in [2.75, 3.05) is 26.2 Å². The minimum absolute atomic E-state index is 0.125. The molecule has 0 bridgehead atoms. The molecule has 1 aromatic carbocycles. The third kappa shape index (κ3) is 3.72. The molecule has 1 unspecified atom stereocenters. The third-order valence-corrected chi connectivity index (χ3v) is 5.50. The van der Waals surface area contributed by atoms with E-state index < -0.39 is 0 Å². The van der Waals surface area contributed by atoms with Gasteiger partial charge in [0.1, 0.15) is 0 Å². The van der Waals surface area contributed by atoms with Gasteiger partial charge in [-0.15, -0.1) is 0 Å². The van der Waals surface area contributed by atoms with Gasteiger partial charge < -0.3 is 9.80 Å². The first kappa shape index (κ1) is 16.8. The molecule has 1 atom stereocenters. The maximum Gasteiger partial charge on any atom is 0.320 e. The van der Waals surface area contributed by atoms with Gasteiger partial charge in [0.25, 0.3) is 0 Å². The predicted octanol–water partition coefficient (Wildman–Crippen LogP) is 3.78. The van der Waals surface area contributed by atoms with Gasteiger partial charge in [-0.05, 0) is 43.2 Å². The summed E-state index contributed by atoms with van der Waals surface area (Å²) in [6.45, 7) is 5.31. The van der Waals surface area contributed by atoms with Crippen molar-refractivity contribution in [3.05, 3.63) is 35.4 Å². The molecule has 0 saturated carbocycles. The van der Waals surface area contributed by atoms with E-state index >= 15 is 0 Å². The van der Waals surface area contributed by atoms with E-state index in [0.29, 0.717) is 5.92 Å². The molecule has 0 spiro atoms. The Bertz CT molecular complexity index is 596. The molecule has 24 heavy (non-hydrogen) atoms. The average molecular weight is 325 g/mol. The van der Waals surface area contributed by atoms with E-state index in [1.807, 2.05) is 9.80 Å². The van der Waals surface area contributed by atoms with Crippen molar-refractivity contribution in [3.8, 4) is 6.07 Å². The second-order valence-electron chi connectivity index (χ2n) is 7.05. The Labute approximate surface area is 145 Å². The van der Waals surface area contributed by atoms with Crippen LogP contribution in [-0.2, 0) is 6.42 Å². The number of rotatable bonds is 2. The lowest BCUT2D eigenvalue weighted by molar-refractivity contribution is 0.125. The van der Waals surface area contributed by atoms with Crippen LogP contribution in [0.1, 0.15) is 49.7 Å². The summed E-state index contributed by atoms with van der Waals surface area (Å²) in [5.74, 6) is 0.575. The molecule has 0 aromatic heterocycles. The molecule has 2 heterocycles. The van der Waals surface area contributed by atoms with E-state index in [-0.39, 0.29) is 11.9 Å². The number of piperidine rings is 2. The maximum atomic E-state index is 12.8. The number of hydrogen-bond donors (Lipinski definition) is 0. The molecule has 4 nitrogen and oxygen atoms in total. The first-order valence-electron chi connectivity index (χ1n) is 9.23. The number of benzene rings is 1. The van der Waals surface area contributed by atoms with Crippen molar-refractivity contribution >= 4 is 6.03 Å². The molecule has 0 radical (unpaired) electrons. The Balaban J connectivity index is 1.60. The van der Waals surface area contributed by atoms with E-state index in [2.05, 4.69) is 37.3 Å². The molecule has 4 heteroatoms. The van der Waals surface area contributed by atoms with Crippen molar-refractivity contribution < 1.29 is 4.79 Å². The Kier molecular flexibility index (Phi) is 5.40. The zero-order chi connectivity index (χ0) is 16.9. The molecule has 3 rings (SSSR count). The molecule has 0 N–H and O–H groups in total. The number of carbonyl (C=O) groups is 1. The smallest absolute Gasteiger partial charge is 0.320 e. The van der Waals surface area contributed by atoms with Crippen LogP contribution in [-0.4, -0.2) is 42.0 Å². The Morgan fingerprint density at radius 3 is 2.46 bits per heavy atom. The molecular formula is C20H27N3O. The normalized spacial score (nSPS) is 22.2. The van der Waals surface area contributed by atoms with E-state index in [1.54, 1.807) is 0 Å². The van der Waals surface area contributed by atoms with Gasteiger partial charge >= 0.3 is 6.03 Å². The Morgan fingerprint density at radius 2 is 1.83 bits per heavy atom. The zero-order valence-electron chi connectivity index (χ0n) is 14.6. The fourth-order valence-electron chi connectivity index (χ4n) is 3.85. The summed E-state index contributed by atoms with van der Waals surface area (Å²) in [5.41, 5.74) is 2.72. The highest BCUT2D eigenvalue weighted by Gasteiger charge is 2.30. The number of aryl methyl sites for hydroxylation is 1. The predicted molar refractivity (Wildman–Crippen MR) is 94.7 cm³/mol. The first-order valence-corrected chi connectivity index (χ1v) is 9.23. The van der Waals surface area contributed by atoms with Gasteiger partial charge in [-0.1, -0.05) is 31.2 Å². The summed E-state index contributed by atoms with van der Waals surface area (Å²) in [7, 11) is 0. The van der Waals surface area contributed by atoms with Crippen LogP contribution in [0.15, 0.2) is 24.3 Å². The Morgan fingerprint density at radius 1 is 1.12 bits per heavy atom. The SMILES string of the molecule is CCc1ccc(C2CCCN(C(=O)N3CCC(C#N)CC3)C2)cc1. The van der Waals surface area contributed by atoms with Crippen molar-refractivity contribution in [1.82, 2.24) is 9.80 Å².